The highest BCUT2D eigenvalue weighted by Crippen LogP contribution is 2.31. The predicted octanol–water partition coefficient (Wildman–Crippen LogP) is 4.28. The Kier molecular flexibility index (Phi) is 4.51. The minimum Gasteiger partial charge on any atom is -0.298 e. The maximum Gasteiger partial charge on any atom is 0.162 e. The zero-order valence-electron chi connectivity index (χ0n) is 14.1. The van der Waals surface area contributed by atoms with Crippen LogP contribution in [-0.4, -0.2) is 27.8 Å². The fourth-order valence-electron chi connectivity index (χ4n) is 3.52. The normalized spacial score (nSPS) is 17.7. The molecule has 0 N–H and O–H groups in total. The molecule has 0 bridgehead atoms. The van der Waals surface area contributed by atoms with Gasteiger partial charge in [0.1, 0.15) is 5.82 Å². The number of benzene rings is 2. The Bertz CT molecular complexity index is 908. The van der Waals surface area contributed by atoms with Gasteiger partial charge in [-0.25, -0.2) is 17.9 Å². The van der Waals surface area contributed by atoms with Gasteiger partial charge in [-0.15, -0.1) is 0 Å². The molecule has 26 heavy (non-hydrogen) atoms. The molecule has 1 aliphatic rings. The second kappa shape index (κ2) is 6.96. The van der Waals surface area contributed by atoms with Crippen molar-refractivity contribution in [3.8, 4) is 5.69 Å². The quantitative estimate of drug-likeness (QED) is 0.650. The summed E-state index contributed by atoms with van der Waals surface area (Å²) in [5.74, 6) is -3.00. The molecular formula is C20H18F3N3. The monoisotopic (exact) mass is 357 g/mol. The molecule has 0 aliphatic carbocycles. The lowest BCUT2D eigenvalue weighted by atomic mass is 9.97. The summed E-state index contributed by atoms with van der Waals surface area (Å²) in [6, 6.07) is 11.5. The van der Waals surface area contributed by atoms with E-state index >= 15 is 0 Å². The van der Waals surface area contributed by atoms with Crippen molar-refractivity contribution in [2.75, 3.05) is 13.1 Å². The average Bonchev–Trinajstić information content (AvgIpc) is 3.29. The van der Waals surface area contributed by atoms with E-state index in [2.05, 4.69) is 10.00 Å². The first-order valence-electron chi connectivity index (χ1n) is 8.56. The summed E-state index contributed by atoms with van der Waals surface area (Å²) in [6.07, 6.45) is 4.44. The molecule has 0 amide bonds. The molecule has 2 heterocycles. The van der Waals surface area contributed by atoms with Crippen LogP contribution in [-0.2, 0) is 6.54 Å². The highest BCUT2D eigenvalue weighted by atomic mass is 19.2. The molecule has 4 rings (SSSR count). The Morgan fingerprint density at radius 1 is 1.08 bits per heavy atom. The van der Waals surface area contributed by atoms with Crippen LogP contribution in [0, 0.1) is 17.5 Å². The lowest BCUT2D eigenvalue weighted by Gasteiger charge is -2.15. The van der Waals surface area contributed by atoms with Gasteiger partial charge in [0.2, 0.25) is 0 Å². The molecule has 1 aliphatic heterocycles. The van der Waals surface area contributed by atoms with Gasteiger partial charge >= 0.3 is 0 Å². The predicted molar refractivity (Wildman–Crippen MR) is 92.5 cm³/mol. The summed E-state index contributed by atoms with van der Waals surface area (Å²) in [4.78, 5) is 2.15. The van der Waals surface area contributed by atoms with E-state index in [-0.39, 0.29) is 11.5 Å². The molecule has 0 spiro atoms. The highest BCUT2D eigenvalue weighted by Gasteiger charge is 2.28. The van der Waals surface area contributed by atoms with Crippen LogP contribution in [0.3, 0.4) is 0 Å². The third kappa shape index (κ3) is 3.37. The van der Waals surface area contributed by atoms with E-state index in [4.69, 9.17) is 0 Å². The molecule has 1 fully saturated rings. The minimum absolute atomic E-state index is 0.130. The number of hydrogen-bond acceptors (Lipinski definition) is 2. The Balaban J connectivity index is 1.45. The van der Waals surface area contributed by atoms with Gasteiger partial charge in [0.25, 0.3) is 0 Å². The van der Waals surface area contributed by atoms with E-state index in [1.165, 1.54) is 0 Å². The van der Waals surface area contributed by atoms with Gasteiger partial charge in [0, 0.05) is 36.8 Å². The third-order valence-corrected chi connectivity index (χ3v) is 4.80. The lowest BCUT2D eigenvalue weighted by Crippen LogP contribution is -2.19. The van der Waals surface area contributed by atoms with Crippen LogP contribution in [0.4, 0.5) is 13.2 Å². The van der Waals surface area contributed by atoms with Gasteiger partial charge in [-0.2, -0.15) is 5.10 Å². The number of rotatable bonds is 4. The standard InChI is InChI=1S/C20H18F3N3/c21-16-8-18(20(23)19(22)9-16)15-6-7-25(13-15)11-14-10-24-26(12-14)17-4-2-1-3-5-17/h1-5,8-10,12,15H,6-7,11,13H2. The number of para-hydroxylation sites is 1. The minimum atomic E-state index is -1.12. The topological polar surface area (TPSA) is 21.1 Å². The van der Waals surface area contributed by atoms with E-state index in [1.54, 1.807) is 0 Å². The summed E-state index contributed by atoms with van der Waals surface area (Å²) in [5.41, 5.74) is 2.15. The zero-order chi connectivity index (χ0) is 18.1. The Morgan fingerprint density at radius 3 is 2.69 bits per heavy atom. The van der Waals surface area contributed by atoms with Crippen molar-refractivity contribution < 1.29 is 13.2 Å². The summed E-state index contributed by atoms with van der Waals surface area (Å²) < 4.78 is 42.7. The van der Waals surface area contributed by atoms with Gasteiger partial charge in [-0.1, -0.05) is 18.2 Å². The molecule has 1 aromatic heterocycles. The SMILES string of the molecule is Fc1cc(F)c(F)c(C2CCN(Cc3cnn(-c4ccccc4)c3)C2)c1. The number of hydrogen-bond donors (Lipinski definition) is 0. The van der Waals surface area contributed by atoms with Gasteiger partial charge < -0.3 is 0 Å². The second-order valence-electron chi connectivity index (χ2n) is 6.64. The number of nitrogens with zero attached hydrogens (tertiary/aromatic N) is 3. The van der Waals surface area contributed by atoms with Gasteiger partial charge in [0.15, 0.2) is 11.6 Å². The van der Waals surface area contributed by atoms with Gasteiger partial charge in [-0.05, 0) is 36.7 Å². The molecule has 134 valence electrons. The van der Waals surface area contributed by atoms with Crippen LogP contribution >= 0.6 is 0 Å². The fourth-order valence-corrected chi connectivity index (χ4v) is 3.52. The van der Waals surface area contributed by atoms with Crippen LogP contribution < -0.4 is 0 Å². The Labute approximate surface area is 149 Å². The molecule has 3 aromatic rings. The second-order valence-corrected chi connectivity index (χ2v) is 6.64. The molecule has 1 atom stereocenters. The van der Waals surface area contributed by atoms with Crippen molar-refractivity contribution in [3.63, 3.8) is 0 Å². The van der Waals surface area contributed by atoms with Crippen molar-refractivity contribution in [2.24, 2.45) is 0 Å². The van der Waals surface area contributed by atoms with Crippen molar-refractivity contribution in [1.82, 2.24) is 14.7 Å². The average molecular weight is 357 g/mol. The first kappa shape index (κ1) is 16.8. The lowest BCUT2D eigenvalue weighted by molar-refractivity contribution is 0.325. The first-order valence-corrected chi connectivity index (χ1v) is 8.56. The summed E-state index contributed by atoms with van der Waals surface area (Å²) in [5, 5.41) is 4.37. The molecule has 6 heteroatoms. The van der Waals surface area contributed by atoms with Crippen molar-refractivity contribution in [3.05, 3.63) is 83.4 Å². The van der Waals surface area contributed by atoms with Gasteiger partial charge in [-0.3, -0.25) is 4.90 Å². The first-order chi connectivity index (χ1) is 12.6. The maximum atomic E-state index is 14.0. The zero-order valence-corrected chi connectivity index (χ0v) is 14.1. The van der Waals surface area contributed by atoms with Crippen molar-refractivity contribution in [1.29, 1.82) is 0 Å². The molecule has 1 unspecified atom stereocenters. The highest BCUT2D eigenvalue weighted by molar-refractivity contribution is 5.31. The number of halogens is 3. The molecule has 0 saturated carbocycles. The summed E-state index contributed by atoms with van der Waals surface area (Å²) in [7, 11) is 0. The summed E-state index contributed by atoms with van der Waals surface area (Å²) >= 11 is 0. The molecule has 1 saturated heterocycles. The number of aromatic nitrogens is 2. The van der Waals surface area contributed by atoms with Crippen LogP contribution in [0.1, 0.15) is 23.5 Å². The van der Waals surface area contributed by atoms with E-state index in [1.807, 2.05) is 47.4 Å². The van der Waals surface area contributed by atoms with Crippen molar-refractivity contribution >= 4 is 0 Å². The molecule has 2 aromatic carbocycles. The molecular weight excluding hydrogens is 339 g/mol. The van der Waals surface area contributed by atoms with Gasteiger partial charge in [0.05, 0.1) is 11.9 Å². The summed E-state index contributed by atoms with van der Waals surface area (Å²) in [6.45, 7) is 1.98. The molecule has 0 radical (unpaired) electrons. The maximum absolute atomic E-state index is 14.0. The number of likely N-dealkylation sites (tertiary alicyclic amines) is 1. The van der Waals surface area contributed by atoms with Crippen molar-refractivity contribution in [2.45, 2.75) is 18.9 Å². The smallest absolute Gasteiger partial charge is 0.162 e. The van der Waals surface area contributed by atoms with E-state index < -0.39 is 17.5 Å². The van der Waals surface area contributed by atoms with Crippen LogP contribution in [0.15, 0.2) is 54.9 Å². The fraction of sp³-hybridized carbons (Fsp3) is 0.250. The Morgan fingerprint density at radius 2 is 1.88 bits per heavy atom. The largest absolute Gasteiger partial charge is 0.298 e. The third-order valence-electron chi connectivity index (χ3n) is 4.80. The van der Waals surface area contributed by atoms with Crippen LogP contribution in [0.25, 0.3) is 5.69 Å². The molecule has 3 nitrogen and oxygen atoms in total. The van der Waals surface area contributed by atoms with E-state index in [0.717, 1.165) is 23.9 Å². The van der Waals surface area contributed by atoms with Crippen LogP contribution in [0.2, 0.25) is 0 Å². The van der Waals surface area contributed by atoms with E-state index in [0.29, 0.717) is 25.6 Å². The Hall–Kier alpha value is -2.60. The van der Waals surface area contributed by atoms with Crippen LogP contribution in [0.5, 0.6) is 0 Å². The van der Waals surface area contributed by atoms with E-state index in [9.17, 15) is 13.2 Å².